The molecule has 0 bridgehead atoms. The first-order valence-corrected chi connectivity index (χ1v) is 9.46. The van der Waals surface area contributed by atoms with Gasteiger partial charge in [-0.2, -0.15) is 0 Å². The van der Waals surface area contributed by atoms with Crippen LogP contribution in [-0.2, 0) is 6.61 Å². The lowest BCUT2D eigenvalue weighted by Crippen LogP contribution is -2.30. The van der Waals surface area contributed by atoms with Crippen molar-refractivity contribution in [1.82, 2.24) is 20.2 Å². The van der Waals surface area contributed by atoms with Gasteiger partial charge in [-0.1, -0.05) is 10.3 Å². The van der Waals surface area contributed by atoms with Crippen LogP contribution in [0.15, 0.2) is 45.6 Å². The number of rotatable bonds is 6. The second-order valence-electron chi connectivity index (χ2n) is 6.35. The molecule has 3 heterocycles. The number of benzene rings is 1. The van der Waals surface area contributed by atoms with Gasteiger partial charge < -0.3 is 18.7 Å². The van der Waals surface area contributed by atoms with E-state index in [-0.39, 0.29) is 24.2 Å². The van der Waals surface area contributed by atoms with Gasteiger partial charge in [0.1, 0.15) is 24.3 Å². The van der Waals surface area contributed by atoms with Crippen LogP contribution in [0, 0.1) is 6.92 Å². The zero-order valence-corrected chi connectivity index (χ0v) is 16.4. The number of nitrogens with zero attached hydrogens (tertiary/aromatic N) is 4. The summed E-state index contributed by atoms with van der Waals surface area (Å²) in [5.74, 6) is 0.865. The molecule has 1 atom stereocenters. The van der Waals surface area contributed by atoms with Gasteiger partial charge >= 0.3 is 0 Å². The molecule has 0 aliphatic heterocycles. The summed E-state index contributed by atoms with van der Waals surface area (Å²) in [4.78, 5) is 18.6. The molecule has 1 unspecified atom stereocenters. The Bertz CT molecular complexity index is 1100. The van der Waals surface area contributed by atoms with E-state index in [0.29, 0.717) is 17.2 Å². The van der Waals surface area contributed by atoms with E-state index in [1.165, 1.54) is 11.2 Å². The standard InChI is InChI=1S/C19H18N4O4S/c1-11(15-6-7-26-21-15)23(3)19(24)17-9-14(27-22-17)10-25-13-4-5-18-16(8-13)20-12(2)28-18/h4-9,11H,10H2,1-3H3. The number of thiazole rings is 1. The average molecular weight is 398 g/mol. The Kier molecular flexibility index (Phi) is 4.82. The van der Waals surface area contributed by atoms with Crippen LogP contribution in [0.3, 0.4) is 0 Å². The van der Waals surface area contributed by atoms with E-state index in [2.05, 4.69) is 15.3 Å². The number of aromatic nitrogens is 3. The zero-order valence-electron chi connectivity index (χ0n) is 15.6. The Hall–Kier alpha value is -3.20. The van der Waals surface area contributed by atoms with Crippen molar-refractivity contribution in [3.63, 3.8) is 0 Å². The van der Waals surface area contributed by atoms with Crippen LogP contribution in [0.1, 0.15) is 39.9 Å². The predicted octanol–water partition coefficient (Wildman–Crippen LogP) is 3.99. The van der Waals surface area contributed by atoms with Gasteiger partial charge in [0.05, 0.1) is 21.3 Å². The van der Waals surface area contributed by atoms with E-state index >= 15 is 0 Å². The van der Waals surface area contributed by atoms with Crippen molar-refractivity contribution in [3.8, 4) is 5.75 Å². The first-order chi connectivity index (χ1) is 13.5. The highest BCUT2D eigenvalue weighted by molar-refractivity contribution is 7.18. The lowest BCUT2D eigenvalue weighted by molar-refractivity contribution is 0.0727. The largest absolute Gasteiger partial charge is 0.485 e. The maximum Gasteiger partial charge on any atom is 0.276 e. The Morgan fingerprint density at radius 1 is 1.29 bits per heavy atom. The SMILES string of the molecule is Cc1nc2cc(OCc3cc(C(=O)N(C)C(C)c4ccon4)no3)ccc2s1. The summed E-state index contributed by atoms with van der Waals surface area (Å²) in [7, 11) is 1.68. The van der Waals surface area contributed by atoms with Crippen LogP contribution < -0.4 is 4.74 Å². The maximum absolute atomic E-state index is 12.6. The zero-order chi connectivity index (χ0) is 19.7. The van der Waals surface area contributed by atoms with E-state index < -0.39 is 0 Å². The molecule has 4 rings (SSSR count). The lowest BCUT2D eigenvalue weighted by Gasteiger charge is -2.21. The van der Waals surface area contributed by atoms with Gasteiger partial charge in [-0.05, 0) is 26.0 Å². The summed E-state index contributed by atoms with van der Waals surface area (Å²) in [6, 6.07) is 8.79. The number of carbonyl (C=O) groups is 1. The molecule has 0 N–H and O–H groups in total. The highest BCUT2D eigenvalue weighted by atomic mass is 32.1. The predicted molar refractivity (Wildman–Crippen MR) is 102 cm³/mol. The molecule has 8 nitrogen and oxygen atoms in total. The number of hydrogen-bond donors (Lipinski definition) is 0. The molecule has 4 aromatic rings. The summed E-state index contributed by atoms with van der Waals surface area (Å²) in [6.45, 7) is 3.99. The monoisotopic (exact) mass is 398 g/mol. The second kappa shape index (κ2) is 7.43. The highest BCUT2D eigenvalue weighted by Crippen LogP contribution is 2.26. The van der Waals surface area contributed by atoms with Crippen molar-refractivity contribution >= 4 is 27.5 Å². The third-order valence-corrected chi connectivity index (χ3v) is 5.36. The second-order valence-corrected chi connectivity index (χ2v) is 7.58. The van der Waals surface area contributed by atoms with E-state index in [1.54, 1.807) is 30.5 Å². The number of hydrogen-bond acceptors (Lipinski definition) is 8. The summed E-state index contributed by atoms with van der Waals surface area (Å²) in [6.07, 6.45) is 1.47. The molecular weight excluding hydrogens is 380 g/mol. The topological polar surface area (TPSA) is 94.5 Å². The van der Waals surface area contributed by atoms with E-state index in [0.717, 1.165) is 15.2 Å². The van der Waals surface area contributed by atoms with Crippen molar-refractivity contribution in [2.75, 3.05) is 7.05 Å². The number of fused-ring (bicyclic) bond motifs is 1. The van der Waals surface area contributed by atoms with Crippen molar-refractivity contribution in [1.29, 1.82) is 0 Å². The Morgan fingerprint density at radius 3 is 2.93 bits per heavy atom. The van der Waals surface area contributed by atoms with Gasteiger partial charge in [0.2, 0.25) is 0 Å². The van der Waals surface area contributed by atoms with Crippen molar-refractivity contribution in [2.24, 2.45) is 0 Å². The normalized spacial score (nSPS) is 12.2. The maximum atomic E-state index is 12.6. The molecule has 0 fully saturated rings. The molecular formula is C19H18N4O4S. The molecule has 3 aromatic heterocycles. The van der Waals surface area contributed by atoms with Crippen LogP contribution in [0.5, 0.6) is 5.75 Å². The van der Waals surface area contributed by atoms with E-state index in [4.69, 9.17) is 13.8 Å². The van der Waals surface area contributed by atoms with Crippen LogP contribution >= 0.6 is 11.3 Å². The summed E-state index contributed by atoms with van der Waals surface area (Å²) in [5.41, 5.74) is 1.77. The lowest BCUT2D eigenvalue weighted by atomic mass is 10.2. The smallest absolute Gasteiger partial charge is 0.276 e. The van der Waals surface area contributed by atoms with Gasteiger partial charge in [-0.3, -0.25) is 4.79 Å². The van der Waals surface area contributed by atoms with Gasteiger partial charge in [-0.25, -0.2) is 4.98 Å². The van der Waals surface area contributed by atoms with E-state index in [9.17, 15) is 4.79 Å². The molecule has 0 spiro atoms. The van der Waals surface area contributed by atoms with Crippen LogP contribution in [0.4, 0.5) is 0 Å². The summed E-state index contributed by atoms with van der Waals surface area (Å²) < 4.78 is 17.0. The third kappa shape index (κ3) is 3.61. The molecule has 0 aliphatic carbocycles. The fourth-order valence-electron chi connectivity index (χ4n) is 2.74. The first kappa shape index (κ1) is 18.2. The fourth-order valence-corrected chi connectivity index (χ4v) is 3.55. The number of carbonyl (C=O) groups excluding carboxylic acids is 1. The number of aryl methyl sites for hydroxylation is 1. The van der Waals surface area contributed by atoms with Crippen LogP contribution in [-0.4, -0.2) is 33.2 Å². The van der Waals surface area contributed by atoms with Crippen molar-refractivity contribution < 1.29 is 18.6 Å². The van der Waals surface area contributed by atoms with Gasteiger partial charge in [-0.15, -0.1) is 11.3 Å². The molecule has 0 aliphatic rings. The van der Waals surface area contributed by atoms with Gasteiger partial charge in [0, 0.05) is 25.2 Å². The van der Waals surface area contributed by atoms with Crippen LogP contribution in [0.25, 0.3) is 10.2 Å². The molecule has 0 radical (unpaired) electrons. The van der Waals surface area contributed by atoms with Crippen molar-refractivity contribution in [2.45, 2.75) is 26.5 Å². The van der Waals surface area contributed by atoms with E-state index in [1.807, 2.05) is 32.0 Å². The minimum Gasteiger partial charge on any atom is -0.485 e. The first-order valence-electron chi connectivity index (χ1n) is 8.64. The summed E-state index contributed by atoms with van der Waals surface area (Å²) in [5, 5.41) is 8.74. The minimum atomic E-state index is -0.273. The fraction of sp³-hybridized carbons (Fsp3) is 0.263. The van der Waals surface area contributed by atoms with Gasteiger partial charge in [0.15, 0.2) is 11.5 Å². The Labute approximate surface area is 164 Å². The third-order valence-electron chi connectivity index (χ3n) is 4.41. The Morgan fingerprint density at radius 2 is 2.14 bits per heavy atom. The molecule has 28 heavy (non-hydrogen) atoms. The molecule has 1 aromatic carbocycles. The highest BCUT2D eigenvalue weighted by Gasteiger charge is 2.23. The molecule has 144 valence electrons. The minimum absolute atomic E-state index is 0.164. The quantitative estimate of drug-likeness (QED) is 0.484. The average Bonchev–Trinajstić information content (AvgIpc) is 3.43. The van der Waals surface area contributed by atoms with Crippen LogP contribution in [0.2, 0.25) is 0 Å². The van der Waals surface area contributed by atoms with Crippen molar-refractivity contribution in [3.05, 3.63) is 58.8 Å². The molecule has 0 saturated carbocycles. The molecule has 9 heteroatoms. The molecule has 0 saturated heterocycles. The van der Waals surface area contributed by atoms with Gasteiger partial charge in [0.25, 0.3) is 5.91 Å². The summed E-state index contributed by atoms with van der Waals surface area (Å²) >= 11 is 1.64. The Balaban J connectivity index is 1.41. The number of amides is 1. The molecule has 1 amide bonds. The number of ether oxygens (including phenoxy) is 1.